The number of anilines is 1. The molecule has 0 atom stereocenters. The van der Waals surface area contributed by atoms with Crippen LogP contribution in [0.15, 0.2) is 53.3 Å². The second kappa shape index (κ2) is 13.1. The van der Waals surface area contributed by atoms with Crippen molar-refractivity contribution in [3.63, 3.8) is 0 Å². The van der Waals surface area contributed by atoms with Crippen molar-refractivity contribution in [2.45, 2.75) is 94.0 Å². The van der Waals surface area contributed by atoms with Crippen LogP contribution in [0.5, 0.6) is 5.75 Å². The number of fused-ring (bicyclic) bond motifs is 11. The zero-order chi connectivity index (χ0) is 37.8. The lowest BCUT2D eigenvalue weighted by Gasteiger charge is -2.44. The van der Waals surface area contributed by atoms with Gasteiger partial charge in [-0.1, -0.05) is 49.1 Å². The number of nitrogens with one attached hydrogen (secondary N) is 1. The molecule has 1 N–H and O–H groups in total. The Morgan fingerprint density at radius 2 is 1.62 bits per heavy atom. The highest BCUT2D eigenvalue weighted by Gasteiger charge is 2.48. The number of likely N-dealkylation sites (tertiary alicyclic amines) is 1. The fourth-order valence-corrected chi connectivity index (χ4v) is 12.1. The van der Waals surface area contributed by atoms with Crippen LogP contribution in [0.2, 0.25) is 5.02 Å². The Hall–Kier alpha value is -4.41. The number of carbonyl (C=O) groups is 2. The molecule has 0 bridgehead atoms. The molecule has 3 aromatic carbocycles. The molecule has 2 aliphatic carbocycles. The second-order valence-corrected chi connectivity index (χ2v) is 18.0. The normalized spacial score (nSPS) is 24.8. The largest absolute Gasteiger partial charge is 0.492 e. The summed E-state index contributed by atoms with van der Waals surface area (Å²) in [5.41, 5.74) is 6.97. The average Bonchev–Trinajstić information content (AvgIpc) is 3.88. The van der Waals surface area contributed by atoms with E-state index in [1.54, 1.807) is 6.07 Å². The third-order valence-electron chi connectivity index (χ3n) is 15.0. The Kier molecular flexibility index (Phi) is 8.12. The Morgan fingerprint density at radius 3 is 2.41 bits per heavy atom. The van der Waals surface area contributed by atoms with Crippen LogP contribution < -0.4 is 20.5 Å². The number of nitrogens with zero attached hydrogens (tertiary/aromatic N) is 5. The molecule has 290 valence electrons. The van der Waals surface area contributed by atoms with Gasteiger partial charge >= 0.3 is 0 Å². The summed E-state index contributed by atoms with van der Waals surface area (Å²) in [6, 6.07) is 17.3. The lowest BCUT2D eigenvalue weighted by molar-refractivity contribution is -0.138. The number of amides is 2. The number of piperazine rings is 1. The van der Waals surface area contributed by atoms with Crippen molar-refractivity contribution in [2.24, 2.45) is 5.92 Å². The van der Waals surface area contributed by atoms with Crippen LogP contribution >= 0.6 is 11.6 Å². The van der Waals surface area contributed by atoms with Gasteiger partial charge in [0.05, 0.1) is 33.6 Å². The first-order chi connectivity index (χ1) is 27.3. The topological polar surface area (TPSA) is 100 Å². The van der Waals surface area contributed by atoms with Crippen molar-refractivity contribution in [1.82, 2.24) is 24.7 Å². The molecule has 4 aromatic rings. The van der Waals surface area contributed by atoms with Gasteiger partial charge in [-0.15, -0.1) is 0 Å². The second-order valence-electron chi connectivity index (χ2n) is 17.6. The summed E-state index contributed by atoms with van der Waals surface area (Å²) in [4.78, 5) is 51.5. The molecule has 56 heavy (non-hydrogen) atoms. The smallest absolute Gasteiger partial charge is 0.282 e. The first-order valence-corrected chi connectivity index (χ1v) is 21.4. The van der Waals surface area contributed by atoms with Crippen molar-refractivity contribution < 1.29 is 14.3 Å². The maximum atomic E-state index is 13.8. The van der Waals surface area contributed by atoms with Gasteiger partial charge in [0.25, 0.3) is 11.5 Å². The van der Waals surface area contributed by atoms with Gasteiger partial charge in [0.1, 0.15) is 11.6 Å². The van der Waals surface area contributed by atoms with Crippen LogP contribution in [0.25, 0.3) is 16.6 Å². The number of halogens is 1. The molecule has 10 nitrogen and oxygen atoms in total. The highest BCUT2D eigenvalue weighted by Crippen LogP contribution is 2.53. The summed E-state index contributed by atoms with van der Waals surface area (Å²) in [6.07, 6.45) is 11.4. The first kappa shape index (κ1) is 34.8. The molecule has 0 unspecified atom stereocenters. The average molecular weight is 773 g/mol. The Morgan fingerprint density at radius 1 is 0.857 bits per heavy atom. The third-order valence-corrected chi connectivity index (χ3v) is 15.3. The van der Waals surface area contributed by atoms with Gasteiger partial charge in [0, 0.05) is 85.6 Å². The Balaban J connectivity index is 0.734. The van der Waals surface area contributed by atoms with E-state index in [9.17, 15) is 14.4 Å². The minimum Gasteiger partial charge on any atom is -0.492 e. The summed E-state index contributed by atoms with van der Waals surface area (Å²) in [6.45, 7) is 6.67. The van der Waals surface area contributed by atoms with Gasteiger partial charge < -0.3 is 19.9 Å². The van der Waals surface area contributed by atoms with Gasteiger partial charge in [-0.3, -0.25) is 23.9 Å². The van der Waals surface area contributed by atoms with Crippen molar-refractivity contribution in [3.8, 4) is 11.4 Å². The first-order valence-electron chi connectivity index (χ1n) is 21.1. The number of hydrogen-bond donors (Lipinski definition) is 1. The van der Waals surface area contributed by atoms with Crippen LogP contribution in [0, 0.1) is 5.92 Å². The van der Waals surface area contributed by atoms with Crippen LogP contribution in [0.4, 0.5) is 5.69 Å². The minimum atomic E-state index is -0.226. The summed E-state index contributed by atoms with van der Waals surface area (Å²) >= 11 is 6.61. The summed E-state index contributed by atoms with van der Waals surface area (Å²) < 4.78 is 8.50. The molecule has 11 rings (SSSR count). The predicted octanol–water partition coefficient (Wildman–Crippen LogP) is 6.48. The highest BCUT2D eigenvalue weighted by atomic mass is 35.5. The number of carbonyl (C=O) groups excluding carboxylic acids is 2. The van der Waals surface area contributed by atoms with Crippen molar-refractivity contribution >= 4 is 40.0 Å². The van der Waals surface area contributed by atoms with E-state index in [2.05, 4.69) is 48.8 Å². The van der Waals surface area contributed by atoms with E-state index in [1.807, 2.05) is 18.2 Å². The SMILES string of the molecule is O=C1NCc2c1ccc1c2OCC12CCN(C(=O)C1CCC(N3CCN(c4ccc5c(c4)-n4c(nc(=O)c6c(Cl)cccc64)C54CCCCC4)CC3)CC1)CC2. The molecular weight excluding hydrogens is 724 g/mol. The van der Waals surface area contributed by atoms with Crippen LogP contribution in [-0.4, -0.2) is 83.1 Å². The lowest BCUT2D eigenvalue weighted by atomic mass is 9.70. The number of hydrogen-bond acceptors (Lipinski definition) is 7. The van der Waals surface area contributed by atoms with Gasteiger partial charge in [-0.05, 0) is 87.3 Å². The predicted molar refractivity (Wildman–Crippen MR) is 216 cm³/mol. The van der Waals surface area contributed by atoms with E-state index in [4.69, 9.17) is 21.3 Å². The van der Waals surface area contributed by atoms with E-state index < -0.39 is 0 Å². The third kappa shape index (κ3) is 5.16. The van der Waals surface area contributed by atoms with Gasteiger partial charge in [0.2, 0.25) is 5.91 Å². The van der Waals surface area contributed by atoms with Crippen LogP contribution in [0.1, 0.15) is 104 Å². The zero-order valence-corrected chi connectivity index (χ0v) is 32.7. The summed E-state index contributed by atoms with van der Waals surface area (Å²) in [5, 5.41) is 3.89. The highest BCUT2D eigenvalue weighted by molar-refractivity contribution is 6.35. The minimum absolute atomic E-state index is 0.0154. The molecule has 2 saturated carbocycles. The quantitative estimate of drug-likeness (QED) is 0.255. The molecule has 7 aliphatic rings. The molecule has 5 aliphatic heterocycles. The zero-order valence-electron chi connectivity index (χ0n) is 32.0. The number of aromatic nitrogens is 2. The van der Waals surface area contributed by atoms with E-state index in [0.29, 0.717) is 35.5 Å². The number of piperidine rings is 1. The van der Waals surface area contributed by atoms with E-state index in [1.165, 1.54) is 23.2 Å². The maximum absolute atomic E-state index is 13.8. The summed E-state index contributed by atoms with van der Waals surface area (Å²) in [7, 11) is 0. The fraction of sp³-hybridized carbons (Fsp3) is 0.511. The molecule has 0 radical (unpaired) electrons. The van der Waals surface area contributed by atoms with Crippen LogP contribution in [0.3, 0.4) is 0 Å². The number of benzene rings is 3. The lowest BCUT2D eigenvalue weighted by Crippen LogP contribution is -2.52. The molecule has 11 heteroatoms. The van der Waals surface area contributed by atoms with Gasteiger partial charge in [0.15, 0.2) is 0 Å². The van der Waals surface area contributed by atoms with E-state index in [0.717, 1.165) is 137 Å². The molecule has 1 aromatic heterocycles. The van der Waals surface area contributed by atoms with E-state index >= 15 is 0 Å². The fourth-order valence-electron chi connectivity index (χ4n) is 11.9. The summed E-state index contributed by atoms with van der Waals surface area (Å²) in [5.74, 6) is 2.24. The van der Waals surface area contributed by atoms with Crippen molar-refractivity contribution in [2.75, 3.05) is 50.8 Å². The standard InChI is InChI=1S/C45H49ClN6O4/c46-35-5-4-6-36-38(35)41(54)48-43-45(15-2-1-3-16-45)33-13-11-30(25-37(33)52(36)43)50-23-21-49(22-24-50)29-9-7-28(8-10-29)42(55)51-19-17-44(18-20-51)27-56-39-32-26-47-40(53)31(32)12-14-34(39)44/h4-6,11-14,25,28-29H,1-3,7-10,15-24,26-27H2,(H,47,53). The van der Waals surface area contributed by atoms with Crippen molar-refractivity contribution in [3.05, 3.63) is 92.0 Å². The monoisotopic (exact) mass is 772 g/mol. The van der Waals surface area contributed by atoms with E-state index in [-0.39, 0.29) is 28.2 Å². The number of rotatable bonds is 3. The Bertz CT molecular complexity index is 2340. The molecule has 4 fully saturated rings. The van der Waals surface area contributed by atoms with Crippen molar-refractivity contribution in [1.29, 1.82) is 0 Å². The maximum Gasteiger partial charge on any atom is 0.282 e. The molecule has 2 amide bonds. The van der Waals surface area contributed by atoms with Gasteiger partial charge in [-0.2, -0.15) is 4.98 Å². The molecule has 2 spiro atoms. The van der Waals surface area contributed by atoms with Crippen LogP contribution in [-0.2, 0) is 22.2 Å². The molecule has 6 heterocycles. The molecule has 2 saturated heterocycles. The van der Waals surface area contributed by atoms with Gasteiger partial charge in [-0.25, -0.2) is 0 Å². The number of ether oxygens (including phenoxy) is 1. The Labute approximate surface area is 332 Å². The molecular formula is C45H49ClN6O4.